The summed E-state index contributed by atoms with van der Waals surface area (Å²) in [5.41, 5.74) is 2.68. The van der Waals surface area contributed by atoms with Gasteiger partial charge in [0.25, 0.3) is 5.91 Å². The van der Waals surface area contributed by atoms with Gasteiger partial charge in [-0.2, -0.15) is 5.10 Å². The Morgan fingerprint density at radius 1 is 0.900 bits per heavy atom. The SMILES string of the molecule is Cc1ccc(N2N=C(C(=O)Nc3ccc(Oc4ccccc4)cc3)CCC2=O)cc1. The van der Waals surface area contributed by atoms with Crippen molar-refractivity contribution in [2.75, 3.05) is 10.3 Å². The summed E-state index contributed by atoms with van der Waals surface area (Å²) in [5, 5.41) is 8.43. The molecule has 0 unspecified atom stereocenters. The molecule has 0 saturated heterocycles. The monoisotopic (exact) mass is 399 g/mol. The molecule has 6 heteroatoms. The van der Waals surface area contributed by atoms with E-state index in [4.69, 9.17) is 4.74 Å². The van der Waals surface area contributed by atoms with E-state index < -0.39 is 0 Å². The molecule has 0 radical (unpaired) electrons. The number of carbonyl (C=O) groups is 2. The van der Waals surface area contributed by atoms with Crippen LogP contribution in [0.1, 0.15) is 18.4 Å². The van der Waals surface area contributed by atoms with Crippen molar-refractivity contribution in [3.8, 4) is 11.5 Å². The molecule has 2 amide bonds. The number of nitrogens with one attached hydrogen (secondary N) is 1. The van der Waals surface area contributed by atoms with E-state index in [1.165, 1.54) is 5.01 Å². The maximum absolute atomic E-state index is 12.7. The van der Waals surface area contributed by atoms with Crippen LogP contribution in [-0.2, 0) is 9.59 Å². The van der Waals surface area contributed by atoms with Crippen LogP contribution < -0.4 is 15.1 Å². The van der Waals surface area contributed by atoms with Crippen molar-refractivity contribution < 1.29 is 14.3 Å². The van der Waals surface area contributed by atoms with Crippen LogP contribution in [0.4, 0.5) is 11.4 Å². The third-order valence-electron chi connectivity index (χ3n) is 4.66. The summed E-state index contributed by atoms with van der Waals surface area (Å²) in [4.78, 5) is 24.9. The number of hydrogen-bond donors (Lipinski definition) is 1. The van der Waals surface area contributed by atoms with Gasteiger partial charge in [0.2, 0.25) is 5.91 Å². The quantitative estimate of drug-likeness (QED) is 0.663. The molecule has 0 atom stereocenters. The van der Waals surface area contributed by atoms with E-state index in [-0.39, 0.29) is 18.2 Å². The van der Waals surface area contributed by atoms with Crippen LogP contribution in [0.15, 0.2) is 84.0 Å². The Hall–Kier alpha value is -3.93. The summed E-state index contributed by atoms with van der Waals surface area (Å²) < 4.78 is 5.76. The second kappa shape index (κ2) is 8.61. The fourth-order valence-corrected chi connectivity index (χ4v) is 3.04. The van der Waals surface area contributed by atoms with E-state index in [1.807, 2.05) is 61.5 Å². The molecule has 1 aliphatic rings. The highest BCUT2D eigenvalue weighted by molar-refractivity contribution is 6.44. The molecule has 30 heavy (non-hydrogen) atoms. The molecule has 4 rings (SSSR count). The van der Waals surface area contributed by atoms with Gasteiger partial charge in [0.1, 0.15) is 17.2 Å². The Kier molecular flexibility index (Phi) is 5.57. The molecule has 0 bridgehead atoms. The smallest absolute Gasteiger partial charge is 0.271 e. The van der Waals surface area contributed by atoms with E-state index in [1.54, 1.807) is 24.3 Å². The highest BCUT2D eigenvalue weighted by atomic mass is 16.5. The largest absolute Gasteiger partial charge is 0.457 e. The Labute approximate surface area is 174 Å². The number of ether oxygens (including phenoxy) is 1. The van der Waals surface area contributed by atoms with Crippen LogP contribution in [0.3, 0.4) is 0 Å². The van der Waals surface area contributed by atoms with Gasteiger partial charge in [-0.3, -0.25) is 9.59 Å². The average Bonchev–Trinajstić information content (AvgIpc) is 2.77. The summed E-state index contributed by atoms with van der Waals surface area (Å²) in [7, 11) is 0. The fourth-order valence-electron chi connectivity index (χ4n) is 3.04. The van der Waals surface area contributed by atoms with Gasteiger partial charge in [-0.1, -0.05) is 35.9 Å². The highest BCUT2D eigenvalue weighted by Crippen LogP contribution is 2.24. The predicted molar refractivity (Wildman–Crippen MR) is 117 cm³/mol. The van der Waals surface area contributed by atoms with Gasteiger partial charge in [-0.05, 0) is 55.5 Å². The van der Waals surface area contributed by atoms with Crippen molar-refractivity contribution in [1.29, 1.82) is 0 Å². The van der Waals surface area contributed by atoms with Gasteiger partial charge in [0.15, 0.2) is 0 Å². The fraction of sp³-hybridized carbons (Fsp3) is 0.125. The second-order valence-corrected chi connectivity index (χ2v) is 6.98. The van der Waals surface area contributed by atoms with Gasteiger partial charge in [0.05, 0.1) is 5.69 Å². The Bertz CT molecular complexity index is 1070. The zero-order valence-corrected chi connectivity index (χ0v) is 16.5. The van der Waals surface area contributed by atoms with E-state index in [9.17, 15) is 9.59 Å². The van der Waals surface area contributed by atoms with Crippen molar-refractivity contribution in [3.05, 3.63) is 84.4 Å². The molecule has 0 fully saturated rings. The molecule has 0 spiro atoms. The summed E-state index contributed by atoms with van der Waals surface area (Å²) in [6, 6.07) is 24.0. The molecular weight excluding hydrogens is 378 g/mol. The average molecular weight is 399 g/mol. The summed E-state index contributed by atoms with van der Waals surface area (Å²) in [5.74, 6) is 0.964. The lowest BCUT2D eigenvalue weighted by atomic mass is 10.1. The first kappa shape index (κ1) is 19.4. The lowest BCUT2D eigenvalue weighted by Crippen LogP contribution is -2.36. The zero-order chi connectivity index (χ0) is 20.9. The summed E-state index contributed by atoms with van der Waals surface area (Å²) in [6.45, 7) is 1.97. The predicted octanol–water partition coefficient (Wildman–Crippen LogP) is 4.91. The molecular formula is C24H21N3O3. The Morgan fingerprint density at radius 2 is 1.57 bits per heavy atom. The maximum Gasteiger partial charge on any atom is 0.271 e. The standard InChI is InChI=1S/C24H21N3O3/c1-17-7-11-19(12-8-17)27-23(28)16-15-22(26-27)24(29)25-18-9-13-21(14-10-18)30-20-5-3-2-4-6-20/h2-14H,15-16H2,1H3,(H,25,29). The number of amides is 2. The Morgan fingerprint density at radius 3 is 2.27 bits per heavy atom. The molecule has 0 aromatic heterocycles. The number of nitrogens with zero attached hydrogens (tertiary/aromatic N) is 2. The van der Waals surface area contributed by atoms with Gasteiger partial charge < -0.3 is 10.1 Å². The number of anilines is 2. The van der Waals surface area contributed by atoms with Gasteiger partial charge in [-0.15, -0.1) is 0 Å². The molecule has 3 aromatic rings. The minimum absolute atomic E-state index is 0.127. The Balaban J connectivity index is 1.44. The maximum atomic E-state index is 12.7. The van der Waals surface area contributed by atoms with Gasteiger partial charge in [-0.25, -0.2) is 5.01 Å². The molecule has 3 aromatic carbocycles. The first-order chi connectivity index (χ1) is 14.6. The summed E-state index contributed by atoms with van der Waals surface area (Å²) in [6.07, 6.45) is 0.548. The van der Waals surface area contributed by atoms with Crippen LogP contribution >= 0.6 is 0 Å². The number of rotatable bonds is 5. The third kappa shape index (κ3) is 4.55. The van der Waals surface area contributed by atoms with E-state index in [0.29, 0.717) is 29.3 Å². The first-order valence-corrected chi connectivity index (χ1v) is 9.70. The van der Waals surface area contributed by atoms with E-state index >= 15 is 0 Å². The normalized spacial score (nSPS) is 13.6. The van der Waals surface area contributed by atoms with Crippen molar-refractivity contribution in [1.82, 2.24) is 0 Å². The van der Waals surface area contributed by atoms with E-state index in [0.717, 1.165) is 11.3 Å². The molecule has 0 aliphatic carbocycles. The zero-order valence-electron chi connectivity index (χ0n) is 16.5. The van der Waals surface area contributed by atoms with Gasteiger partial charge in [0, 0.05) is 18.5 Å². The third-order valence-corrected chi connectivity index (χ3v) is 4.66. The van der Waals surface area contributed by atoms with Crippen molar-refractivity contribution in [2.45, 2.75) is 19.8 Å². The number of benzene rings is 3. The van der Waals surface area contributed by atoms with Crippen molar-refractivity contribution in [2.24, 2.45) is 5.10 Å². The van der Waals surface area contributed by atoms with Crippen LogP contribution in [0, 0.1) is 6.92 Å². The molecule has 0 saturated carbocycles. The topological polar surface area (TPSA) is 71.0 Å². The van der Waals surface area contributed by atoms with E-state index in [2.05, 4.69) is 10.4 Å². The van der Waals surface area contributed by atoms with Crippen LogP contribution in [0.2, 0.25) is 0 Å². The molecule has 150 valence electrons. The van der Waals surface area contributed by atoms with Gasteiger partial charge >= 0.3 is 0 Å². The first-order valence-electron chi connectivity index (χ1n) is 9.70. The number of hydrazone groups is 1. The minimum atomic E-state index is -0.323. The van der Waals surface area contributed by atoms with Crippen LogP contribution in [0.25, 0.3) is 0 Å². The molecule has 1 heterocycles. The highest BCUT2D eigenvalue weighted by Gasteiger charge is 2.25. The molecule has 1 aliphatic heterocycles. The lowest BCUT2D eigenvalue weighted by molar-refractivity contribution is -0.118. The number of para-hydroxylation sites is 1. The molecule has 1 N–H and O–H groups in total. The number of aryl methyl sites for hydroxylation is 1. The van der Waals surface area contributed by atoms with Crippen LogP contribution in [0.5, 0.6) is 11.5 Å². The number of carbonyl (C=O) groups excluding carboxylic acids is 2. The summed E-state index contributed by atoms with van der Waals surface area (Å²) >= 11 is 0. The second-order valence-electron chi connectivity index (χ2n) is 6.98. The molecule has 6 nitrogen and oxygen atoms in total. The minimum Gasteiger partial charge on any atom is -0.457 e. The number of hydrogen-bond acceptors (Lipinski definition) is 4. The van der Waals surface area contributed by atoms with Crippen molar-refractivity contribution in [3.63, 3.8) is 0 Å². The van der Waals surface area contributed by atoms with Crippen molar-refractivity contribution >= 4 is 28.9 Å². The lowest BCUT2D eigenvalue weighted by Gasteiger charge is -2.23. The van der Waals surface area contributed by atoms with Crippen LogP contribution in [-0.4, -0.2) is 17.5 Å².